The van der Waals surface area contributed by atoms with E-state index in [2.05, 4.69) is 34.3 Å². The molecule has 1 saturated heterocycles. The lowest BCUT2D eigenvalue weighted by atomic mass is 10.0. The quantitative estimate of drug-likeness (QED) is 0.639. The van der Waals surface area contributed by atoms with E-state index in [9.17, 15) is 4.79 Å². The molecule has 1 fully saturated rings. The fourth-order valence-electron chi connectivity index (χ4n) is 3.50. The van der Waals surface area contributed by atoms with Crippen LogP contribution in [0.25, 0.3) is 10.9 Å². The minimum absolute atomic E-state index is 0.00529. The van der Waals surface area contributed by atoms with Gasteiger partial charge >= 0.3 is 0 Å². The third-order valence-corrected chi connectivity index (χ3v) is 6.12. The molecule has 4 rings (SSSR count). The average Bonchev–Trinajstić information content (AvgIpc) is 3.38. The van der Waals surface area contributed by atoms with Crippen molar-refractivity contribution in [3.63, 3.8) is 0 Å². The Hall–Kier alpha value is -2.64. The summed E-state index contributed by atoms with van der Waals surface area (Å²) in [6.45, 7) is 0. The number of Topliss-reactive ketones (excluding diaryl/α,β-unsaturated/α-hetero) is 1. The summed E-state index contributed by atoms with van der Waals surface area (Å²) in [6.07, 6.45) is 2.06. The molecular weight excluding hydrogens is 376 g/mol. The second-order valence-corrected chi connectivity index (χ2v) is 7.58. The van der Waals surface area contributed by atoms with Crippen LogP contribution in [0.4, 0.5) is 0 Å². The molecule has 146 valence electrons. The molecule has 2 unspecified atom stereocenters. The van der Waals surface area contributed by atoms with Crippen LogP contribution < -0.4 is 19.5 Å². The lowest BCUT2D eigenvalue weighted by Crippen LogP contribution is -2.35. The average molecular weight is 398 g/mol. The molecule has 28 heavy (non-hydrogen) atoms. The monoisotopic (exact) mass is 398 g/mol. The molecule has 6 nitrogen and oxygen atoms in total. The number of ether oxygens (including phenoxy) is 3. The van der Waals surface area contributed by atoms with Crippen LogP contribution in [0, 0.1) is 0 Å². The Morgan fingerprint density at radius 3 is 2.46 bits per heavy atom. The lowest BCUT2D eigenvalue weighted by Gasteiger charge is -2.17. The Labute approximate surface area is 167 Å². The van der Waals surface area contributed by atoms with Gasteiger partial charge in [-0.05, 0) is 29.7 Å². The van der Waals surface area contributed by atoms with Crippen LogP contribution in [0.5, 0.6) is 17.2 Å². The Morgan fingerprint density at radius 2 is 1.79 bits per heavy atom. The molecule has 0 radical (unpaired) electrons. The summed E-state index contributed by atoms with van der Waals surface area (Å²) in [5.74, 6) is 2.12. The number of nitrogens with zero attached hydrogens (tertiary/aromatic N) is 1. The van der Waals surface area contributed by atoms with Crippen molar-refractivity contribution < 1.29 is 19.0 Å². The summed E-state index contributed by atoms with van der Waals surface area (Å²) in [5, 5.41) is 4.64. The molecule has 0 amide bonds. The minimum Gasteiger partial charge on any atom is -0.493 e. The maximum Gasteiger partial charge on any atom is 0.203 e. The Morgan fingerprint density at radius 1 is 1.07 bits per heavy atom. The first-order chi connectivity index (χ1) is 13.7. The number of nitrogens with one attached hydrogen (secondary N) is 1. The molecule has 7 heteroatoms. The van der Waals surface area contributed by atoms with E-state index in [1.165, 1.54) is 5.39 Å². The number of carbonyl (C=O) groups excluding carboxylic acids is 1. The Kier molecular flexibility index (Phi) is 5.19. The second-order valence-electron chi connectivity index (χ2n) is 6.47. The van der Waals surface area contributed by atoms with Crippen molar-refractivity contribution in [2.75, 3.05) is 27.1 Å². The molecule has 0 bridgehead atoms. The van der Waals surface area contributed by atoms with Crippen molar-refractivity contribution in [1.82, 2.24) is 9.88 Å². The summed E-state index contributed by atoms with van der Waals surface area (Å²) in [5.41, 5.74) is 1.69. The number of ketones is 1. The van der Waals surface area contributed by atoms with Crippen LogP contribution in [-0.2, 0) is 0 Å². The van der Waals surface area contributed by atoms with Gasteiger partial charge in [-0.3, -0.25) is 10.1 Å². The number of carbonyl (C=O) groups is 1. The molecule has 0 saturated carbocycles. The van der Waals surface area contributed by atoms with Gasteiger partial charge in [-0.1, -0.05) is 18.2 Å². The maximum absolute atomic E-state index is 13.1. The largest absolute Gasteiger partial charge is 0.493 e. The van der Waals surface area contributed by atoms with E-state index < -0.39 is 0 Å². The van der Waals surface area contributed by atoms with E-state index in [1.807, 2.05) is 12.1 Å². The van der Waals surface area contributed by atoms with Gasteiger partial charge in [0.25, 0.3) is 0 Å². The third-order valence-electron chi connectivity index (χ3n) is 4.91. The van der Waals surface area contributed by atoms with Gasteiger partial charge in [-0.25, -0.2) is 0 Å². The molecule has 2 atom stereocenters. The van der Waals surface area contributed by atoms with E-state index in [0.29, 0.717) is 28.6 Å². The number of methoxy groups -OCH3 is 3. The fraction of sp³-hybridized carbons (Fsp3) is 0.286. The topological polar surface area (TPSA) is 61.7 Å². The number of thioether (sulfide) groups is 1. The number of para-hydroxylation sites is 1. The number of rotatable bonds is 6. The van der Waals surface area contributed by atoms with Crippen molar-refractivity contribution in [2.24, 2.45) is 0 Å². The highest BCUT2D eigenvalue weighted by atomic mass is 32.2. The molecular formula is C21H22N2O4S. The number of aromatic nitrogens is 1. The van der Waals surface area contributed by atoms with Crippen molar-refractivity contribution in [2.45, 2.75) is 11.5 Å². The van der Waals surface area contributed by atoms with Crippen LogP contribution in [0.3, 0.4) is 0 Å². The predicted octanol–water partition coefficient (Wildman–Crippen LogP) is 3.71. The fourth-order valence-corrected chi connectivity index (χ4v) is 4.73. The number of hydrogen-bond acceptors (Lipinski definition) is 6. The molecule has 0 aliphatic carbocycles. The minimum atomic E-state index is -0.293. The van der Waals surface area contributed by atoms with Crippen molar-refractivity contribution in [3.05, 3.63) is 54.2 Å². The van der Waals surface area contributed by atoms with Gasteiger partial charge in [-0.2, -0.15) is 0 Å². The van der Waals surface area contributed by atoms with Crippen molar-refractivity contribution >= 4 is 28.4 Å². The van der Waals surface area contributed by atoms with E-state index in [1.54, 1.807) is 45.2 Å². The normalized spacial score (nSPS) is 19.0. The van der Waals surface area contributed by atoms with Crippen LogP contribution in [-0.4, -0.2) is 43.5 Å². The number of benzene rings is 2. The van der Waals surface area contributed by atoms with Gasteiger partial charge in [-0.15, -0.1) is 11.8 Å². The van der Waals surface area contributed by atoms with Crippen molar-refractivity contribution in [1.29, 1.82) is 0 Å². The maximum atomic E-state index is 13.1. The smallest absolute Gasteiger partial charge is 0.203 e. The number of fused-ring (bicyclic) bond motifs is 1. The number of hydrogen-bond donors (Lipinski definition) is 1. The van der Waals surface area contributed by atoms with Gasteiger partial charge in [0.15, 0.2) is 17.3 Å². The molecule has 1 N–H and O–H groups in total. The first kappa shape index (κ1) is 18.7. The van der Waals surface area contributed by atoms with Crippen LogP contribution >= 0.6 is 11.8 Å². The zero-order chi connectivity index (χ0) is 19.7. The van der Waals surface area contributed by atoms with Crippen LogP contribution in [0.2, 0.25) is 0 Å². The summed E-state index contributed by atoms with van der Waals surface area (Å²) < 4.78 is 18.3. The van der Waals surface area contributed by atoms with E-state index in [-0.39, 0.29) is 17.3 Å². The van der Waals surface area contributed by atoms with Gasteiger partial charge < -0.3 is 18.8 Å². The van der Waals surface area contributed by atoms with Gasteiger partial charge in [0.05, 0.1) is 32.9 Å². The van der Waals surface area contributed by atoms with Gasteiger partial charge in [0.2, 0.25) is 5.75 Å². The second kappa shape index (κ2) is 7.77. The lowest BCUT2D eigenvalue weighted by molar-refractivity contribution is 0.0952. The molecule has 1 aliphatic rings. The standard InChI is InChI=1S/C21H22N2O4S/c1-25-17-10-14(11-18(26-2)20(17)27-3)19(24)15-12-28-21(22-15)23-9-8-13-6-4-5-7-16(13)23/h4-11,15,21-22H,12H2,1-3H3. The Balaban J connectivity index is 1.58. The van der Waals surface area contributed by atoms with Gasteiger partial charge in [0, 0.05) is 17.5 Å². The van der Waals surface area contributed by atoms with E-state index in [4.69, 9.17) is 14.2 Å². The summed E-state index contributed by atoms with van der Waals surface area (Å²) >= 11 is 1.72. The van der Waals surface area contributed by atoms with Crippen molar-refractivity contribution in [3.8, 4) is 17.2 Å². The summed E-state index contributed by atoms with van der Waals surface area (Å²) in [7, 11) is 4.63. The first-order valence-corrected chi connectivity index (χ1v) is 9.98. The zero-order valence-electron chi connectivity index (χ0n) is 16.0. The molecule has 2 aromatic carbocycles. The Bertz CT molecular complexity index is 992. The zero-order valence-corrected chi connectivity index (χ0v) is 16.8. The van der Waals surface area contributed by atoms with E-state index in [0.717, 1.165) is 5.52 Å². The third kappa shape index (κ3) is 3.21. The summed E-state index contributed by atoms with van der Waals surface area (Å²) in [6, 6.07) is 13.4. The highest BCUT2D eigenvalue weighted by molar-refractivity contribution is 7.99. The highest BCUT2D eigenvalue weighted by Crippen LogP contribution is 2.39. The molecule has 3 aromatic rings. The van der Waals surface area contributed by atoms with Crippen LogP contribution in [0.1, 0.15) is 15.9 Å². The predicted molar refractivity (Wildman–Crippen MR) is 111 cm³/mol. The van der Waals surface area contributed by atoms with Crippen LogP contribution in [0.15, 0.2) is 48.7 Å². The highest BCUT2D eigenvalue weighted by Gasteiger charge is 2.32. The van der Waals surface area contributed by atoms with Gasteiger partial charge in [0.1, 0.15) is 5.50 Å². The first-order valence-electron chi connectivity index (χ1n) is 8.93. The molecule has 1 aliphatic heterocycles. The van der Waals surface area contributed by atoms with E-state index >= 15 is 0 Å². The SMILES string of the molecule is COc1cc(C(=O)C2CSC(n3ccc4ccccc43)N2)cc(OC)c1OC. The molecule has 0 spiro atoms. The summed E-state index contributed by atoms with van der Waals surface area (Å²) in [4.78, 5) is 13.1. The molecule has 1 aromatic heterocycles. The molecule has 2 heterocycles.